The minimum atomic E-state index is -4.78. The fraction of sp³-hybridized carbons (Fsp3) is 0.167. The predicted octanol–water partition coefficient (Wildman–Crippen LogP) is 1.93. The number of hydrogen-bond acceptors (Lipinski definition) is 5. The molecule has 0 aliphatic rings. The van der Waals surface area contributed by atoms with E-state index in [0.717, 1.165) is 0 Å². The SMILES string of the molecule is NNC(c1ccncn1)c1ccccc1OC(F)(F)F. The van der Waals surface area contributed by atoms with Gasteiger partial charge in [0.05, 0.1) is 11.7 Å². The Morgan fingerprint density at radius 2 is 1.95 bits per heavy atom. The lowest BCUT2D eigenvalue weighted by Crippen LogP contribution is -2.30. The number of benzene rings is 1. The van der Waals surface area contributed by atoms with Gasteiger partial charge in [0, 0.05) is 11.8 Å². The zero-order valence-corrected chi connectivity index (χ0v) is 10.1. The van der Waals surface area contributed by atoms with E-state index in [0.29, 0.717) is 5.69 Å². The maximum atomic E-state index is 12.4. The first-order valence-electron chi connectivity index (χ1n) is 5.58. The number of alkyl halides is 3. The summed E-state index contributed by atoms with van der Waals surface area (Å²) in [6.07, 6.45) is -2.02. The molecule has 1 aromatic heterocycles. The monoisotopic (exact) mass is 284 g/mol. The third kappa shape index (κ3) is 3.43. The van der Waals surface area contributed by atoms with E-state index in [1.165, 1.54) is 30.7 Å². The Balaban J connectivity index is 2.40. The second-order valence-corrected chi connectivity index (χ2v) is 3.82. The Morgan fingerprint density at radius 1 is 1.20 bits per heavy atom. The summed E-state index contributed by atoms with van der Waals surface area (Å²) < 4.78 is 41.2. The first-order chi connectivity index (χ1) is 9.51. The van der Waals surface area contributed by atoms with Gasteiger partial charge < -0.3 is 4.74 Å². The minimum Gasteiger partial charge on any atom is -0.405 e. The molecule has 0 aliphatic heterocycles. The van der Waals surface area contributed by atoms with Gasteiger partial charge in [-0.1, -0.05) is 18.2 Å². The Morgan fingerprint density at radius 3 is 2.55 bits per heavy atom. The molecule has 1 unspecified atom stereocenters. The summed E-state index contributed by atoms with van der Waals surface area (Å²) in [4.78, 5) is 7.72. The summed E-state index contributed by atoms with van der Waals surface area (Å²) >= 11 is 0. The van der Waals surface area contributed by atoms with E-state index in [1.807, 2.05) is 0 Å². The van der Waals surface area contributed by atoms with Crippen LogP contribution in [0.4, 0.5) is 13.2 Å². The van der Waals surface area contributed by atoms with Gasteiger partial charge in [-0.05, 0) is 12.1 Å². The van der Waals surface area contributed by atoms with Crippen LogP contribution in [-0.4, -0.2) is 16.3 Å². The second-order valence-electron chi connectivity index (χ2n) is 3.82. The number of rotatable bonds is 4. The van der Waals surface area contributed by atoms with Crippen LogP contribution in [0.15, 0.2) is 42.9 Å². The van der Waals surface area contributed by atoms with Gasteiger partial charge in [-0.25, -0.2) is 15.4 Å². The van der Waals surface area contributed by atoms with Crippen molar-refractivity contribution in [2.75, 3.05) is 0 Å². The fourth-order valence-corrected chi connectivity index (χ4v) is 1.74. The highest BCUT2D eigenvalue weighted by atomic mass is 19.4. The Labute approximate surface area is 112 Å². The number of nitrogens with zero attached hydrogens (tertiary/aromatic N) is 2. The van der Waals surface area contributed by atoms with Crippen molar-refractivity contribution in [3.05, 3.63) is 54.1 Å². The van der Waals surface area contributed by atoms with Crippen molar-refractivity contribution in [2.45, 2.75) is 12.4 Å². The normalized spacial score (nSPS) is 13.0. The van der Waals surface area contributed by atoms with Gasteiger partial charge in [0.1, 0.15) is 12.1 Å². The summed E-state index contributed by atoms with van der Waals surface area (Å²) in [5, 5.41) is 0. The molecule has 0 saturated carbocycles. The highest BCUT2D eigenvalue weighted by molar-refractivity contribution is 5.39. The van der Waals surface area contributed by atoms with Crippen molar-refractivity contribution in [3.8, 4) is 5.75 Å². The van der Waals surface area contributed by atoms with E-state index < -0.39 is 12.4 Å². The molecule has 0 bridgehead atoms. The smallest absolute Gasteiger partial charge is 0.405 e. The van der Waals surface area contributed by atoms with Crippen molar-refractivity contribution in [1.29, 1.82) is 0 Å². The number of para-hydroxylation sites is 1. The third-order valence-electron chi connectivity index (χ3n) is 2.52. The summed E-state index contributed by atoms with van der Waals surface area (Å²) in [6, 6.07) is 6.54. The lowest BCUT2D eigenvalue weighted by molar-refractivity contribution is -0.275. The van der Waals surface area contributed by atoms with Gasteiger partial charge in [-0.2, -0.15) is 0 Å². The molecular formula is C12H11F3N4O. The maximum absolute atomic E-state index is 12.4. The van der Waals surface area contributed by atoms with E-state index in [1.54, 1.807) is 12.1 Å². The number of hydrogen-bond donors (Lipinski definition) is 2. The van der Waals surface area contributed by atoms with Crippen LogP contribution in [0.3, 0.4) is 0 Å². The van der Waals surface area contributed by atoms with Gasteiger partial charge in [0.25, 0.3) is 0 Å². The largest absolute Gasteiger partial charge is 0.573 e. The quantitative estimate of drug-likeness (QED) is 0.663. The molecule has 1 heterocycles. The van der Waals surface area contributed by atoms with Gasteiger partial charge in [0.15, 0.2) is 0 Å². The van der Waals surface area contributed by atoms with Crippen LogP contribution in [0.5, 0.6) is 5.75 Å². The highest BCUT2D eigenvalue weighted by Crippen LogP contribution is 2.32. The number of aromatic nitrogens is 2. The van der Waals surface area contributed by atoms with Crippen LogP contribution >= 0.6 is 0 Å². The highest BCUT2D eigenvalue weighted by Gasteiger charge is 2.33. The number of ether oxygens (including phenoxy) is 1. The van der Waals surface area contributed by atoms with Crippen molar-refractivity contribution in [2.24, 2.45) is 5.84 Å². The molecule has 106 valence electrons. The molecule has 0 spiro atoms. The van der Waals surface area contributed by atoms with Gasteiger partial charge in [0.2, 0.25) is 0 Å². The fourth-order valence-electron chi connectivity index (χ4n) is 1.74. The minimum absolute atomic E-state index is 0.228. The topological polar surface area (TPSA) is 73.1 Å². The molecule has 2 aromatic rings. The van der Waals surface area contributed by atoms with Crippen LogP contribution < -0.4 is 16.0 Å². The molecule has 2 rings (SSSR count). The zero-order valence-electron chi connectivity index (χ0n) is 10.1. The number of hydrazine groups is 1. The van der Waals surface area contributed by atoms with Crippen molar-refractivity contribution in [1.82, 2.24) is 15.4 Å². The molecule has 0 radical (unpaired) electrons. The molecule has 1 atom stereocenters. The molecule has 3 N–H and O–H groups in total. The van der Waals surface area contributed by atoms with Crippen LogP contribution in [0, 0.1) is 0 Å². The van der Waals surface area contributed by atoms with Gasteiger partial charge >= 0.3 is 6.36 Å². The van der Waals surface area contributed by atoms with Crippen LogP contribution in [0.2, 0.25) is 0 Å². The van der Waals surface area contributed by atoms with Gasteiger partial charge in [-0.3, -0.25) is 5.84 Å². The average Bonchev–Trinajstić information content (AvgIpc) is 2.41. The molecule has 5 nitrogen and oxygen atoms in total. The summed E-state index contributed by atoms with van der Waals surface area (Å²) in [7, 11) is 0. The average molecular weight is 284 g/mol. The van der Waals surface area contributed by atoms with Crippen molar-refractivity contribution < 1.29 is 17.9 Å². The van der Waals surface area contributed by atoms with Crippen molar-refractivity contribution >= 4 is 0 Å². The molecule has 0 aliphatic carbocycles. The van der Waals surface area contributed by atoms with E-state index in [-0.39, 0.29) is 11.3 Å². The standard InChI is InChI=1S/C12H11F3N4O/c13-12(14,15)20-10-4-2-1-3-8(10)11(19-16)9-5-6-17-7-18-9/h1-7,11,19H,16H2. The van der Waals surface area contributed by atoms with E-state index in [4.69, 9.17) is 5.84 Å². The molecule has 0 saturated heterocycles. The zero-order chi connectivity index (χ0) is 14.6. The van der Waals surface area contributed by atoms with E-state index in [2.05, 4.69) is 20.1 Å². The van der Waals surface area contributed by atoms with E-state index >= 15 is 0 Å². The van der Waals surface area contributed by atoms with E-state index in [9.17, 15) is 13.2 Å². The first-order valence-corrected chi connectivity index (χ1v) is 5.58. The molecule has 0 amide bonds. The molecule has 20 heavy (non-hydrogen) atoms. The third-order valence-corrected chi connectivity index (χ3v) is 2.52. The lowest BCUT2D eigenvalue weighted by atomic mass is 10.0. The molecule has 8 heteroatoms. The van der Waals surface area contributed by atoms with Crippen molar-refractivity contribution in [3.63, 3.8) is 0 Å². The lowest BCUT2D eigenvalue weighted by Gasteiger charge is -2.19. The molecule has 0 fully saturated rings. The summed E-state index contributed by atoms with van der Waals surface area (Å²) in [5.41, 5.74) is 3.08. The van der Waals surface area contributed by atoms with Gasteiger partial charge in [-0.15, -0.1) is 13.2 Å². The second kappa shape index (κ2) is 5.85. The first kappa shape index (κ1) is 14.2. The molecule has 1 aromatic carbocycles. The Hall–Kier alpha value is -2.19. The van der Waals surface area contributed by atoms with Crippen LogP contribution in [-0.2, 0) is 0 Å². The summed E-state index contributed by atoms with van der Waals surface area (Å²) in [6.45, 7) is 0. The number of nitrogens with two attached hydrogens (primary N) is 1. The predicted molar refractivity (Wildman–Crippen MR) is 64.3 cm³/mol. The Bertz CT molecular complexity index is 562. The number of nitrogens with one attached hydrogen (secondary N) is 1. The maximum Gasteiger partial charge on any atom is 0.573 e. The van der Waals surface area contributed by atoms with Crippen LogP contribution in [0.25, 0.3) is 0 Å². The molecular weight excluding hydrogens is 273 g/mol. The summed E-state index contributed by atoms with van der Waals surface area (Å²) in [5.74, 6) is 5.09. The number of halogens is 3. The Kier molecular flexibility index (Phi) is 4.16. The van der Waals surface area contributed by atoms with Crippen LogP contribution in [0.1, 0.15) is 17.3 Å².